The lowest BCUT2D eigenvalue weighted by Gasteiger charge is -2.25. The Morgan fingerprint density at radius 1 is 1.36 bits per heavy atom. The number of hydrogen-bond donors (Lipinski definition) is 0. The Labute approximate surface area is 75.0 Å². The van der Waals surface area contributed by atoms with Crippen LogP contribution in [-0.4, -0.2) is 25.0 Å². The molecule has 0 aliphatic heterocycles. The summed E-state index contributed by atoms with van der Waals surface area (Å²) in [6.07, 6.45) is 1.95. The van der Waals surface area contributed by atoms with Gasteiger partial charge in [-0.2, -0.15) is 0 Å². The smallest absolute Gasteiger partial charge is 0.0171 e. The van der Waals surface area contributed by atoms with Crippen molar-refractivity contribution < 1.29 is 0 Å². The van der Waals surface area contributed by atoms with Crippen LogP contribution < -0.4 is 0 Å². The Bertz CT molecular complexity index is 124. The molecule has 0 atom stereocenters. The molecule has 0 radical (unpaired) electrons. The van der Waals surface area contributed by atoms with Crippen LogP contribution in [0.3, 0.4) is 0 Å². The SMILES string of the molecule is CN(C/C=C/Cl)CC(C)(C)C. The van der Waals surface area contributed by atoms with Gasteiger partial charge in [0, 0.05) is 18.6 Å². The fourth-order valence-corrected chi connectivity index (χ4v) is 1.17. The molecular weight excluding hydrogens is 158 g/mol. The van der Waals surface area contributed by atoms with E-state index in [9.17, 15) is 0 Å². The zero-order chi connectivity index (χ0) is 8.91. The van der Waals surface area contributed by atoms with E-state index in [0.717, 1.165) is 13.1 Å². The standard InChI is InChI=1S/C9H18ClN/c1-9(2,3)8-11(4)7-5-6-10/h5-6H,7-8H2,1-4H3/b6-5+. The van der Waals surface area contributed by atoms with E-state index >= 15 is 0 Å². The zero-order valence-electron chi connectivity index (χ0n) is 7.89. The van der Waals surface area contributed by atoms with Gasteiger partial charge in [-0.05, 0) is 12.5 Å². The van der Waals surface area contributed by atoms with Gasteiger partial charge in [0.1, 0.15) is 0 Å². The van der Waals surface area contributed by atoms with Crippen LogP contribution in [-0.2, 0) is 0 Å². The van der Waals surface area contributed by atoms with Crippen molar-refractivity contribution in [1.82, 2.24) is 4.90 Å². The second kappa shape index (κ2) is 4.78. The minimum absolute atomic E-state index is 0.370. The van der Waals surface area contributed by atoms with E-state index in [0.29, 0.717) is 5.41 Å². The van der Waals surface area contributed by atoms with Gasteiger partial charge in [-0.25, -0.2) is 0 Å². The Morgan fingerprint density at radius 3 is 2.27 bits per heavy atom. The molecule has 2 heteroatoms. The Kier molecular flexibility index (Phi) is 4.78. The molecule has 0 aromatic carbocycles. The van der Waals surface area contributed by atoms with Gasteiger partial charge < -0.3 is 4.90 Å². The summed E-state index contributed by atoms with van der Waals surface area (Å²) in [5, 5.41) is 0. The van der Waals surface area contributed by atoms with Gasteiger partial charge in [0.2, 0.25) is 0 Å². The van der Waals surface area contributed by atoms with Gasteiger partial charge in [-0.15, -0.1) is 0 Å². The van der Waals surface area contributed by atoms with Crippen molar-refractivity contribution in [3.05, 3.63) is 11.6 Å². The van der Waals surface area contributed by atoms with Crippen LogP contribution in [0.5, 0.6) is 0 Å². The van der Waals surface area contributed by atoms with E-state index in [2.05, 4.69) is 32.7 Å². The first-order valence-corrected chi connectivity index (χ1v) is 4.33. The fourth-order valence-electron chi connectivity index (χ4n) is 1.09. The third-order valence-electron chi connectivity index (χ3n) is 1.25. The van der Waals surface area contributed by atoms with Gasteiger partial charge in [-0.1, -0.05) is 38.4 Å². The highest BCUT2D eigenvalue weighted by atomic mass is 35.5. The topological polar surface area (TPSA) is 3.24 Å². The molecule has 0 aromatic rings. The molecular formula is C9H18ClN. The normalized spacial score (nSPS) is 13.3. The Morgan fingerprint density at radius 2 is 1.91 bits per heavy atom. The molecule has 1 nitrogen and oxygen atoms in total. The highest BCUT2D eigenvalue weighted by molar-refractivity contribution is 6.25. The van der Waals surface area contributed by atoms with Gasteiger partial charge in [-0.3, -0.25) is 0 Å². The van der Waals surface area contributed by atoms with E-state index in [4.69, 9.17) is 11.6 Å². The number of nitrogens with zero attached hydrogens (tertiary/aromatic N) is 1. The lowest BCUT2D eigenvalue weighted by molar-refractivity contribution is 0.244. The molecule has 0 aliphatic carbocycles. The zero-order valence-corrected chi connectivity index (χ0v) is 8.65. The van der Waals surface area contributed by atoms with E-state index in [-0.39, 0.29) is 0 Å². The largest absolute Gasteiger partial charge is 0.302 e. The van der Waals surface area contributed by atoms with Crippen molar-refractivity contribution in [2.75, 3.05) is 20.1 Å². The molecule has 0 unspecified atom stereocenters. The number of halogens is 1. The van der Waals surface area contributed by atoms with Crippen molar-refractivity contribution in [2.45, 2.75) is 20.8 Å². The van der Waals surface area contributed by atoms with Crippen LogP contribution in [0.1, 0.15) is 20.8 Å². The predicted octanol–water partition coefficient (Wildman–Crippen LogP) is 2.72. The van der Waals surface area contributed by atoms with Crippen LogP contribution in [0.2, 0.25) is 0 Å². The first-order chi connectivity index (χ1) is 4.95. The maximum atomic E-state index is 5.41. The maximum Gasteiger partial charge on any atom is 0.0171 e. The molecule has 0 bridgehead atoms. The third kappa shape index (κ3) is 7.89. The van der Waals surface area contributed by atoms with Crippen LogP contribution in [0.25, 0.3) is 0 Å². The molecule has 11 heavy (non-hydrogen) atoms. The molecule has 0 spiro atoms. The summed E-state index contributed by atoms with van der Waals surface area (Å²) in [6, 6.07) is 0. The molecule has 0 saturated heterocycles. The van der Waals surface area contributed by atoms with Crippen LogP contribution in [0.15, 0.2) is 11.6 Å². The quantitative estimate of drug-likeness (QED) is 0.638. The molecule has 0 heterocycles. The van der Waals surface area contributed by atoms with E-state index in [1.54, 1.807) is 5.54 Å². The average molecular weight is 176 g/mol. The lowest BCUT2D eigenvalue weighted by atomic mass is 9.96. The summed E-state index contributed by atoms with van der Waals surface area (Å²) in [4.78, 5) is 2.25. The van der Waals surface area contributed by atoms with E-state index in [1.807, 2.05) is 6.08 Å². The number of rotatable bonds is 3. The minimum Gasteiger partial charge on any atom is -0.302 e. The first kappa shape index (κ1) is 11.0. The van der Waals surface area contributed by atoms with Crippen molar-refractivity contribution in [2.24, 2.45) is 5.41 Å². The number of hydrogen-bond acceptors (Lipinski definition) is 1. The Balaban J connectivity index is 3.60. The van der Waals surface area contributed by atoms with Crippen LogP contribution in [0.4, 0.5) is 0 Å². The molecule has 0 amide bonds. The predicted molar refractivity (Wildman–Crippen MR) is 51.9 cm³/mol. The monoisotopic (exact) mass is 175 g/mol. The summed E-state index contributed by atoms with van der Waals surface area (Å²) in [6.45, 7) is 8.71. The summed E-state index contributed by atoms with van der Waals surface area (Å²) >= 11 is 5.41. The summed E-state index contributed by atoms with van der Waals surface area (Å²) in [5.41, 5.74) is 1.94. The molecule has 0 rings (SSSR count). The molecule has 0 aliphatic rings. The molecule has 0 aromatic heterocycles. The summed E-state index contributed by atoms with van der Waals surface area (Å²) in [5.74, 6) is 0. The van der Waals surface area contributed by atoms with E-state index in [1.165, 1.54) is 0 Å². The van der Waals surface area contributed by atoms with Gasteiger partial charge in [0.05, 0.1) is 0 Å². The first-order valence-electron chi connectivity index (χ1n) is 3.89. The van der Waals surface area contributed by atoms with Gasteiger partial charge in [0.15, 0.2) is 0 Å². The number of likely N-dealkylation sites (N-methyl/N-ethyl adjacent to an activating group) is 1. The van der Waals surface area contributed by atoms with Crippen molar-refractivity contribution >= 4 is 11.6 Å². The summed E-state index contributed by atoms with van der Waals surface area (Å²) in [7, 11) is 2.10. The van der Waals surface area contributed by atoms with Crippen LogP contribution in [0, 0.1) is 5.41 Å². The molecule has 0 N–H and O–H groups in total. The van der Waals surface area contributed by atoms with Crippen molar-refractivity contribution in [3.63, 3.8) is 0 Å². The highest BCUT2D eigenvalue weighted by Gasteiger charge is 2.11. The van der Waals surface area contributed by atoms with E-state index < -0.39 is 0 Å². The molecule has 0 fully saturated rings. The molecule has 0 saturated carbocycles. The second-order valence-electron chi connectivity index (χ2n) is 4.12. The minimum atomic E-state index is 0.370. The highest BCUT2D eigenvalue weighted by Crippen LogP contribution is 2.13. The maximum absolute atomic E-state index is 5.41. The Hall–Kier alpha value is -0.0100. The van der Waals surface area contributed by atoms with Crippen molar-refractivity contribution in [1.29, 1.82) is 0 Å². The third-order valence-corrected chi connectivity index (χ3v) is 1.43. The van der Waals surface area contributed by atoms with Crippen molar-refractivity contribution in [3.8, 4) is 0 Å². The summed E-state index contributed by atoms with van der Waals surface area (Å²) < 4.78 is 0. The second-order valence-corrected chi connectivity index (χ2v) is 4.37. The molecule has 66 valence electrons. The lowest BCUT2D eigenvalue weighted by Crippen LogP contribution is -2.29. The average Bonchev–Trinajstić information content (AvgIpc) is 1.79. The van der Waals surface area contributed by atoms with Crippen LogP contribution >= 0.6 is 11.6 Å². The fraction of sp³-hybridized carbons (Fsp3) is 0.778. The van der Waals surface area contributed by atoms with Gasteiger partial charge >= 0.3 is 0 Å². The van der Waals surface area contributed by atoms with Gasteiger partial charge in [0.25, 0.3) is 0 Å².